The molecule has 1 aromatic rings. The lowest BCUT2D eigenvalue weighted by Gasteiger charge is -2.17. The average Bonchev–Trinajstić information content (AvgIpc) is 2.61. The van der Waals surface area contributed by atoms with Crippen LogP contribution in [0.5, 0.6) is 5.75 Å². The normalized spacial score (nSPS) is 12.8. The summed E-state index contributed by atoms with van der Waals surface area (Å²) in [6, 6.07) is 1.15. The van der Waals surface area contributed by atoms with Crippen LogP contribution in [0.3, 0.4) is 0 Å². The van der Waals surface area contributed by atoms with E-state index in [1.807, 2.05) is 20.8 Å². The van der Waals surface area contributed by atoms with Gasteiger partial charge in [-0.15, -0.1) is 0 Å². The second-order valence-electron chi connectivity index (χ2n) is 7.59. The third kappa shape index (κ3) is 8.41. The van der Waals surface area contributed by atoms with Gasteiger partial charge in [-0.25, -0.2) is 4.98 Å². The molecule has 0 fully saturated rings. The molecule has 1 amide bonds. The summed E-state index contributed by atoms with van der Waals surface area (Å²) >= 11 is 0. The molecule has 0 radical (unpaired) electrons. The number of hydrogen-bond acceptors (Lipinski definition) is 7. The first-order chi connectivity index (χ1) is 13.5. The molecule has 0 bridgehead atoms. The van der Waals surface area contributed by atoms with Gasteiger partial charge >= 0.3 is 11.9 Å². The third-order valence-electron chi connectivity index (χ3n) is 4.14. The Kier molecular flexibility index (Phi) is 9.44. The summed E-state index contributed by atoms with van der Waals surface area (Å²) in [5.41, 5.74) is 0.587. The fourth-order valence-electron chi connectivity index (χ4n) is 2.53. The van der Waals surface area contributed by atoms with Gasteiger partial charge in [-0.3, -0.25) is 19.2 Å². The maximum atomic E-state index is 12.5. The molecule has 1 rings (SSSR count). The number of aryl methyl sites for hydroxylation is 1. The lowest BCUT2D eigenvalue weighted by atomic mass is 9.95. The molecule has 160 valence electrons. The number of hydrogen-bond donors (Lipinski definition) is 1. The standard InChI is InChI=1S/C21H30N2O6/c1-12(2)17(25)9-13(3)10-18(26)28-11-15(5)23-21(27)19-20(29-16(6)24)14(4)7-8-22-19/h7-8,12-13,15H,9-11H2,1-6H3,(H,23,27). The fraction of sp³-hybridized carbons (Fsp3) is 0.571. The van der Waals surface area contributed by atoms with Crippen LogP contribution in [0.4, 0.5) is 0 Å². The third-order valence-corrected chi connectivity index (χ3v) is 4.14. The number of amides is 1. The zero-order valence-corrected chi connectivity index (χ0v) is 17.9. The van der Waals surface area contributed by atoms with Gasteiger partial charge in [0.25, 0.3) is 5.91 Å². The summed E-state index contributed by atoms with van der Waals surface area (Å²) < 4.78 is 10.3. The zero-order valence-electron chi connectivity index (χ0n) is 17.9. The summed E-state index contributed by atoms with van der Waals surface area (Å²) in [4.78, 5) is 51.4. The van der Waals surface area contributed by atoms with Crippen LogP contribution in [0.2, 0.25) is 0 Å². The number of carbonyl (C=O) groups is 4. The smallest absolute Gasteiger partial charge is 0.308 e. The first-order valence-electron chi connectivity index (χ1n) is 9.64. The zero-order chi connectivity index (χ0) is 22.1. The quantitative estimate of drug-likeness (QED) is 0.594. The molecule has 1 heterocycles. The van der Waals surface area contributed by atoms with Gasteiger partial charge in [0.1, 0.15) is 12.4 Å². The Balaban J connectivity index is 2.57. The van der Waals surface area contributed by atoms with Crippen LogP contribution < -0.4 is 10.1 Å². The highest BCUT2D eigenvalue weighted by molar-refractivity contribution is 5.96. The number of carbonyl (C=O) groups excluding carboxylic acids is 4. The van der Waals surface area contributed by atoms with Gasteiger partial charge in [0.2, 0.25) is 0 Å². The molecule has 0 aliphatic heterocycles. The number of nitrogens with one attached hydrogen (secondary N) is 1. The molecule has 0 saturated heterocycles. The maximum absolute atomic E-state index is 12.5. The molecule has 29 heavy (non-hydrogen) atoms. The number of aromatic nitrogens is 1. The van der Waals surface area contributed by atoms with Gasteiger partial charge in [0.15, 0.2) is 11.4 Å². The molecule has 1 aromatic heterocycles. The van der Waals surface area contributed by atoms with Crippen LogP contribution in [0, 0.1) is 18.8 Å². The van der Waals surface area contributed by atoms with E-state index in [4.69, 9.17) is 9.47 Å². The SMILES string of the molecule is CC(=O)Oc1c(C)ccnc1C(=O)NC(C)COC(=O)CC(C)CC(=O)C(C)C. The van der Waals surface area contributed by atoms with Crippen LogP contribution in [0.25, 0.3) is 0 Å². The lowest BCUT2D eigenvalue weighted by Crippen LogP contribution is -2.37. The van der Waals surface area contributed by atoms with Gasteiger partial charge in [0.05, 0.1) is 6.04 Å². The highest BCUT2D eigenvalue weighted by atomic mass is 16.5. The average molecular weight is 406 g/mol. The Labute approximate surface area is 171 Å². The minimum atomic E-state index is -0.554. The van der Waals surface area contributed by atoms with Gasteiger partial charge in [-0.05, 0) is 31.4 Å². The second-order valence-corrected chi connectivity index (χ2v) is 7.59. The van der Waals surface area contributed by atoms with Crippen molar-refractivity contribution in [3.63, 3.8) is 0 Å². The summed E-state index contributed by atoms with van der Waals surface area (Å²) in [7, 11) is 0. The number of pyridine rings is 1. The van der Waals surface area contributed by atoms with Crippen LogP contribution in [-0.4, -0.2) is 41.3 Å². The summed E-state index contributed by atoms with van der Waals surface area (Å²) in [5.74, 6) is -1.47. The van der Waals surface area contributed by atoms with Crippen molar-refractivity contribution in [2.45, 2.75) is 60.4 Å². The number of ether oxygens (including phenoxy) is 2. The molecule has 8 nitrogen and oxygen atoms in total. The van der Waals surface area contributed by atoms with Crippen molar-refractivity contribution in [2.24, 2.45) is 11.8 Å². The summed E-state index contributed by atoms with van der Waals surface area (Å²) in [5, 5.41) is 2.67. The topological polar surface area (TPSA) is 112 Å². The van der Waals surface area contributed by atoms with E-state index in [9.17, 15) is 19.2 Å². The predicted molar refractivity (Wildman–Crippen MR) is 106 cm³/mol. The Hall–Kier alpha value is -2.77. The molecule has 8 heteroatoms. The lowest BCUT2D eigenvalue weighted by molar-refractivity contribution is -0.145. The van der Waals surface area contributed by atoms with Crippen molar-refractivity contribution in [3.8, 4) is 5.75 Å². The predicted octanol–water partition coefficient (Wildman–Crippen LogP) is 2.62. The molecule has 0 saturated carbocycles. The van der Waals surface area contributed by atoms with E-state index >= 15 is 0 Å². The molecular formula is C21H30N2O6. The van der Waals surface area contributed by atoms with Crippen molar-refractivity contribution in [1.82, 2.24) is 10.3 Å². The van der Waals surface area contributed by atoms with Gasteiger partial charge in [-0.1, -0.05) is 20.8 Å². The van der Waals surface area contributed by atoms with Gasteiger partial charge in [-0.2, -0.15) is 0 Å². The van der Waals surface area contributed by atoms with E-state index in [2.05, 4.69) is 10.3 Å². The molecule has 0 aliphatic rings. The van der Waals surface area contributed by atoms with Gasteiger partial charge in [0, 0.05) is 31.9 Å². The van der Waals surface area contributed by atoms with E-state index in [1.54, 1.807) is 19.9 Å². The first-order valence-corrected chi connectivity index (χ1v) is 9.64. The molecule has 1 N–H and O–H groups in total. The molecule has 0 aliphatic carbocycles. The largest absolute Gasteiger partial charge is 0.463 e. The maximum Gasteiger partial charge on any atom is 0.308 e. The van der Waals surface area contributed by atoms with Crippen molar-refractivity contribution in [1.29, 1.82) is 0 Å². The monoisotopic (exact) mass is 406 g/mol. The minimum Gasteiger partial charge on any atom is -0.463 e. The van der Waals surface area contributed by atoms with Crippen molar-refractivity contribution in [3.05, 3.63) is 23.5 Å². The summed E-state index contributed by atoms with van der Waals surface area (Å²) in [6.45, 7) is 10.1. The van der Waals surface area contributed by atoms with Crippen LogP contribution in [0.15, 0.2) is 12.3 Å². The second kappa shape index (κ2) is 11.3. The highest BCUT2D eigenvalue weighted by Gasteiger charge is 2.21. The molecular weight excluding hydrogens is 376 g/mol. The van der Waals surface area contributed by atoms with E-state index in [0.717, 1.165) is 0 Å². The summed E-state index contributed by atoms with van der Waals surface area (Å²) in [6.07, 6.45) is 1.91. The number of esters is 2. The van der Waals surface area contributed by atoms with E-state index in [0.29, 0.717) is 12.0 Å². The Morgan fingerprint density at radius 1 is 1.10 bits per heavy atom. The van der Waals surface area contributed by atoms with Crippen LogP contribution in [0.1, 0.15) is 63.5 Å². The van der Waals surface area contributed by atoms with E-state index < -0.39 is 23.9 Å². The molecule has 2 atom stereocenters. The Morgan fingerprint density at radius 2 is 1.76 bits per heavy atom. The Morgan fingerprint density at radius 3 is 2.34 bits per heavy atom. The molecule has 0 spiro atoms. The van der Waals surface area contributed by atoms with Crippen LogP contribution in [-0.2, 0) is 19.1 Å². The minimum absolute atomic E-state index is 0.0146. The number of ketones is 1. The molecule has 0 aromatic carbocycles. The molecule has 2 unspecified atom stereocenters. The Bertz CT molecular complexity index is 760. The number of rotatable bonds is 10. The van der Waals surface area contributed by atoms with E-state index in [1.165, 1.54) is 13.1 Å². The first kappa shape index (κ1) is 24.3. The van der Waals surface area contributed by atoms with Crippen molar-refractivity contribution < 1.29 is 28.7 Å². The van der Waals surface area contributed by atoms with Gasteiger partial charge < -0.3 is 14.8 Å². The highest BCUT2D eigenvalue weighted by Crippen LogP contribution is 2.21. The van der Waals surface area contributed by atoms with E-state index in [-0.39, 0.29) is 42.1 Å². The van der Waals surface area contributed by atoms with Crippen molar-refractivity contribution >= 4 is 23.6 Å². The fourth-order valence-corrected chi connectivity index (χ4v) is 2.53. The number of nitrogens with zero attached hydrogens (tertiary/aromatic N) is 1. The van der Waals surface area contributed by atoms with Crippen LogP contribution >= 0.6 is 0 Å². The number of Topliss-reactive ketones (excluding diaryl/α,β-unsaturated/α-hetero) is 1. The van der Waals surface area contributed by atoms with Crippen molar-refractivity contribution in [2.75, 3.05) is 6.61 Å².